The molecule has 0 aromatic heterocycles. The number of hydrogen-bond acceptors (Lipinski definition) is 8. The Morgan fingerprint density at radius 3 is 2.31 bits per heavy atom. The maximum atomic E-state index is 13.1. The van der Waals surface area contributed by atoms with E-state index in [0.717, 1.165) is 18.4 Å². The molecular weight excluding hydrogens is 534 g/mol. The van der Waals surface area contributed by atoms with Gasteiger partial charge in [-0.05, 0) is 66.6 Å². The molecule has 1 fully saturated rings. The van der Waals surface area contributed by atoms with E-state index in [-0.39, 0.29) is 11.9 Å². The van der Waals surface area contributed by atoms with E-state index in [1.54, 1.807) is 37.5 Å². The van der Waals surface area contributed by atoms with Gasteiger partial charge in [0.2, 0.25) is 0 Å². The summed E-state index contributed by atoms with van der Waals surface area (Å²) < 4.78 is 22.5. The Hall–Kier alpha value is -3.82. The summed E-state index contributed by atoms with van der Waals surface area (Å²) in [6.07, 6.45) is 3.57. The Morgan fingerprint density at radius 1 is 0.923 bits per heavy atom. The quantitative estimate of drug-likeness (QED) is 0.107. The van der Waals surface area contributed by atoms with Gasteiger partial charge in [-0.3, -0.25) is 9.69 Å². The lowest BCUT2D eigenvalue weighted by atomic mass is 10.2. The van der Waals surface area contributed by atoms with Crippen LogP contribution >= 0.6 is 24.0 Å². The van der Waals surface area contributed by atoms with Gasteiger partial charge in [0.15, 0.2) is 15.8 Å². The third kappa shape index (κ3) is 7.40. The number of carbonyl (C=O) groups is 2. The van der Waals surface area contributed by atoms with E-state index in [4.69, 9.17) is 31.2 Å². The molecule has 202 valence electrons. The number of thiocarbonyl (C=S) groups is 1. The van der Waals surface area contributed by atoms with Gasteiger partial charge in [0.25, 0.3) is 5.91 Å². The molecule has 1 amide bonds. The van der Waals surface area contributed by atoms with Crippen LogP contribution in [0.25, 0.3) is 6.08 Å². The molecule has 3 aromatic rings. The van der Waals surface area contributed by atoms with Crippen molar-refractivity contribution in [3.05, 3.63) is 88.8 Å². The van der Waals surface area contributed by atoms with Crippen LogP contribution in [0.1, 0.15) is 35.7 Å². The minimum absolute atomic E-state index is 0.211. The maximum Gasteiger partial charge on any atom is 0.338 e. The predicted molar refractivity (Wildman–Crippen MR) is 158 cm³/mol. The van der Waals surface area contributed by atoms with E-state index >= 15 is 0 Å². The predicted octanol–water partition coefficient (Wildman–Crippen LogP) is 6.52. The lowest BCUT2D eigenvalue weighted by Crippen LogP contribution is -2.27. The first-order chi connectivity index (χ1) is 19.0. The second-order valence-electron chi connectivity index (χ2n) is 8.47. The summed E-state index contributed by atoms with van der Waals surface area (Å²) in [5.74, 6) is 1.44. The van der Waals surface area contributed by atoms with Gasteiger partial charge in [0.05, 0.1) is 29.9 Å². The van der Waals surface area contributed by atoms with E-state index < -0.39 is 0 Å². The topological polar surface area (TPSA) is 74.3 Å². The molecule has 0 unspecified atom stereocenters. The highest BCUT2D eigenvalue weighted by Gasteiger charge is 2.33. The van der Waals surface area contributed by atoms with E-state index in [2.05, 4.69) is 0 Å². The van der Waals surface area contributed by atoms with Crippen molar-refractivity contribution in [2.45, 2.75) is 19.8 Å². The molecule has 7 nitrogen and oxygen atoms in total. The molecule has 1 heterocycles. The van der Waals surface area contributed by atoms with Crippen LogP contribution in [-0.2, 0) is 9.53 Å². The zero-order valence-corrected chi connectivity index (χ0v) is 23.4. The zero-order chi connectivity index (χ0) is 27.6. The van der Waals surface area contributed by atoms with E-state index in [9.17, 15) is 9.59 Å². The SMILES string of the molecule is CCCCOC(=O)c1ccc(N2C(=O)C(=Cc3ccc(OCCOc4ccccc4OC)cc3)SC2=S)cc1. The van der Waals surface area contributed by atoms with Crippen LogP contribution in [0.15, 0.2) is 77.7 Å². The summed E-state index contributed by atoms with van der Waals surface area (Å²) in [7, 11) is 1.60. The van der Waals surface area contributed by atoms with Crippen molar-refractivity contribution in [3.63, 3.8) is 0 Å². The zero-order valence-electron chi connectivity index (χ0n) is 21.8. The third-order valence-electron chi connectivity index (χ3n) is 5.74. The van der Waals surface area contributed by atoms with Crippen molar-refractivity contribution in [2.24, 2.45) is 0 Å². The molecular formula is C30H29NO6S2. The van der Waals surface area contributed by atoms with Crippen molar-refractivity contribution >= 4 is 51.9 Å². The van der Waals surface area contributed by atoms with Gasteiger partial charge in [-0.15, -0.1) is 0 Å². The number of benzene rings is 3. The Bertz CT molecular complexity index is 1340. The third-order valence-corrected chi connectivity index (χ3v) is 7.04. The lowest BCUT2D eigenvalue weighted by molar-refractivity contribution is -0.113. The molecule has 0 spiro atoms. The van der Waals surface area contributed by atoms with Gasteiger partial charge in [0, 0.05) is 0 Å². The second-order valence-corrected chi connectivity index (χ2v) is 10.1. The summed E-state index contributed by atoms with van der Waals surface area (Å²) in [6, 6.07) is 21.6. The molecule has 3 aromatic carbocycles. The highest BCUT2D eigenvalue weighted by atomic mass is 32.2. The molecule has 1 aliphatic heterocycles. The summed E-state index contributed by atoms with van der Waals surface area (Å²) in [6.45, 7) is 3.16. The number of carbonyl (C=O) groups excluding carboxylic acids is 2. The number of anilines is 1. The molecule has 0 N–H and O–H groups in total. The number of thioether (sulfide) groups is 1. The molecule has 39 heavy (non-hydrogen) atoms. The Morgan fingerprint density at radius 2 is 1.62 bits per heavy atom. The number of para-hydroxylation sites is 2. The number of hydrogen-bond donors (Lipinski definition) is 0. The minimum Gasteiger partial charge on any atom is -0.493 e. The van der Waals surface area contributed by atoms with Gasteiger partial charge in [-0.1, -0.05) is 61.6 Å². The van der Waals surface area contributed by atoms with Crippen molar-refractivity contribution in [1.29, 1.82) is 0 Å². The molecule has 0 atom stereocenters. The minimum atomic E-state index is -0.378. The van der Waals surface area contributed by atoms with E-state index in [1.165, 1.54) is 16.7 Å². The fourth-order valence-electron chi connectivity index (χ4n) is 3.69. The van der Waals surface area contributed by atoms with E-state index in [1.807, 2.05) is 55.5 Å². The Labute approximate surface area is 237 Å². The lowest BCUT2D eigenvalue weighted by Gasteiger charge is -2.15. The molecule has 1 saturated heterocycles. The number of methoxy groups -OCH3 is 1. The highest BCUT2D eigenvalue weighted by molar-refractivity contribution is 8.27. The van der Waals surface area contributed by atoms with Crippen molar-refractivity contribution in [3.8, 4) is 17.2 Å². The fourth-order valence-corrected chi connectivity index (χ4v) is 4.99. The van der Waals surface area contributed by atoms with Crippen LogP contribution in [0.2, 0.25) is 0 Å². The Kier molecular flexibility index (Phi) is 9.99. The van der Waals surface area contributed by atoms with Crippen LogP contribution in [0.4, 0.5) is 5.69 Å². The number of nitrogens with zero attached hydrogens (tertiary/aromatic N) is 1. The average molecular weight is 564 g/mol. The standard InChI is InChI=1S/C30H29NO6S2/c1-3-4-17-37-29(33)22-11-13-23(14-12-22)31-28(32)27(39-30(31)38)20-21-9-15-24(16-10-21)35-18-19-36-26-8-6-5-7-25(26)34-2/h5-16,20H,3-4,17-19H2,1-2H3. The molecule has 0 bridgehead atoms. The maximum absolute atomic E-state index is 13.1. The summed E-state index contributed by atoms with van der Waals surface area (Å²) >= 11 is 6.71. The number of amides is 1. The van der Waals surface area contributed by atoms with Gasteiger partial charge in [0.1, 0.15) is 19.0 Å². The largest absolute Gasteiger partial charge is 0.493 e. The van der Waals surface area contributed by atoms with Gasteiger partial charge < -0.3 is 18.9 Å². The normalized spacial score (nSPS) is 14.0. The monoisotopic (exact) mass is 563 g/mol. The number of ether oxygens (including phenoxy) is 4. The van der Waals surface area contributed by atoms with E-state index in [0.29, 0.717) is 57.5 Å². The summed E-state index contributed by atoms with van der Waals surface area (Å²) in [4.78, 5) is 27.3. The van der Waals surface area contributed by atoms with Crippen LogP contribution < -0.4 is 19.1 Å². The molecule has 1 aliphatic rings. The number of unbranched alkanes of at least 4 members (excludes halogenated alkanes) is 1. The highest BCUT2D eigenvalue weighted by Crippen LogP contribution is 2.36. The summed E-state index contributed by atoms with van der Waals surface area (Å²) in [5.41, 5.74) is 1.88. The van der Waals surface area contributed by atoms with Crippen molar-refractivity contribution in [2.75, 3.05) is 31.8 Å². The molecule has 0 saturated carbocycles. The Balaban J connectivity index is 1.32. The van der Waals surface area contributed by atoms with Crippen molar-refractivity contribution in [1.82, 2.24) is 0 Å². The number of rotatable bonds is 12. The number of esters is 1. The molecule has 0 radical (unpaired) electrons. The molecule has 4 rings (SSSR count). The second kappa shape index (κ2) is 13.8. The van der Waals surface area contributed by atoms with Crippen LogP contribution in [-0.4, -0.2) is 43.1 Å². The average Bonchev–Trinajstić information content (AvgIpc) is 3.24. The van der Waals surface area contributed by atoms with Gasteiger partial charge in [-0.2, -0.15) is 0 Å². The first-order valence-corrected chi connectivity index (χ1v) is 13.8. The first kappa shape index (κ1) is 28.2. The van der Waals surface area contributed by atoms with Crippen LogP contribution in [0, 0.1) is 0 Å². The molecule has 0 aliphatic carbocycles. The summed E-state index contributed by atoms with van der Waals surface area (Å²) in [5, 5.41) is 0. The van der Waals surface area contributed by atoms with Gasteiger partial charge >= 0.3 is 5.97 Å². The van der Waals surface area contributed by atoms with Gasteiger partial charge in [-0.25, -0.2) is 4.79 Å². The first-order valence-electron chi connectivity index (χ1n) is 12.5. The van der Waals surface area contributed by atoms with Crippen LogP contribution in [0.3, 0.4) is 0 Å². The fraction of sp³-hybridized carbons (Fsp3) is 0.233. The van der Waals surface area contributed by atoms with Crippen molar-refractivity contribution < 1.29 is 28.5 Å². The smallest absolute Gasteiger partial charge is 0.338 e. The molecule has 9 heteroatoms. The van der Waals surface area contributed by atoms with Crippen LogP contribution in [0.5, 0.6) is 17.2 Å².